The van der Waals surface area contributed by atoms with Gasteiger partial charge in [0.2, 0.25) is 0 Å². The fourth-order valence-electron chi connectivity index (χ4n) is 2.81. The number of rotatable bonds is 2. The first-order valence-electron chi connectivity index (χ1n) is 6.71. The lowest BCUT2D eigenvalue weighted by molar-refractivity contribution is 0.0901. The highest BCUT2D eigenvalue weighted by molar-refractivity contribution is 6.00. The van der Waals surface area contributed by atoms with Crippen LogP contribution in [0.15, 0.2) is 42.5 Å². The zero-order valence-corrected chi connectivity index (χ0v) is 10.9. The number of aryl methyl sites for hydroxylation is 1. The summed E-state index contributed by atoms with van der Waals surface area (Å²) >= 11 is 0. The molecule has 1 nitrogen and oxygen atoms in total. The minimum Gasteiger partial charge on any atom is -0.294 e. The third-order valence-corrected chi connectivity index (χ3v) is 3.88. The van der Waals surface area contributed by atoms with Crippen LogP contribution in [0.25, 0.3) is 0 Å². The van der Waals surface area contributed by atoms with Gasteiger partial charge in [0.1, 0.15) is 0 Å². The lowest BCUT2D eigenvalue weighted by Gasteiger charge is -2.23. The quantitative estimate of drug-likeness (QED) is 0.809. The van der Waals surface area contributed by atoms with E-state index in [0.717, 1.165) is 30.0 Å². The summed E-state index contributed by atoms with van der Waals surface area (Å²) in [6, 6.07) is 11.5. The summed E-state index contributed by atoms with van der Waals surface area (Å²) in [7, 11) is 0. The highest BCUT2D eigenvalue weighted by Gasteiger charge is 2.27. The van der Waals surface area contributed by atoms with Gasteiger partial charge in [0.15, 0.2) is 17.4 Å². The molecule has 0 aliphatic heterocycles. The fraction of sp³-hybridized carbons (Fsp3) is 0.235. The number of carbonyl (C=O) groups excluding carboxylic acids is 1. The van der Waals surface area contributed by atoms with Crippen LogP contribution in [0.2, 0.25) is 0 Å². The van der Waals surface area contributed by atoms with Crippen LogP contribution in [-0.2, 0) is 12.8 Å². The molecule has 0 saturated carbocycles. The number of carbonyl (C=O) groups is 1. The number of ketones is 1. The first-order chi connectivity index (χ1) is 9.65. The van der Waals surface area contributed by atoms with E-state index in [-0.39, 0.29) is 11.7 Å². The second-order valence-electron chi connectivity index (χ2n) is 5.21. The highest BCUT2D eigenvalue weighted by Crippen LogP contribution is 2.28. The highest BCUT2D eigenvalue weighted by atomic mass is 19.2. The summed E-state index contributed by atoms with van der Waals surface area (Å²) in [5.74, 6) is -1.74. The largest absolute Gasteiger partial charge is 0.294 e. The SMILES string of the molecule is O=C1c2ccccc2CCC1Cc1ccc(F)c(F)c1. The first-order valence-corrected chi connectivity index (χ1v) is 6.71. The van der Waals surface area contributed by atoms with Gasteiger partial charge in [-0.1, -0.05) is 30.3 Å². The monoisotopic (exact) mass is 272 g/mol. The average molecular weight is 272 g/mol. The summed E-state index contributed by atoms with van der Waals surface area (Å²) in [4.78, 5) is 12.4. The molecule has 0 bridgehead atoms. The van der Waals surface area contributed by atoms with Crippen LogP contribution in [-0.4, -0.2) is 5.78 Å². The fourth-order valence-corrected chi connectivity index (χ4v) is 2.81. The Bertz CT molecular complexity index is 664. The van der Waals surface area contributed by atoms with Crippen molar-refractivity contribution >= 4 is 5.78 Å². The number of hydrogen-bond acceptors (Lipinski definition) is 1. The molecule has 0 aromatic heterocycles. The van der Waals surface area contributed by atoms with Crippen molar-refractivity contribution in [2.75, 3.05) is 0 Å². The Kier molecular flexibility index (Phi) is 3.35. The second kappa shape index (κ2) is 5.16. The van der Waals surface area contributed by atoms with E-state index in [1.165, 1.54) is 6.07 Å². The van der Waals surface area contributed by atoms with Crippen LogP contribution in [0, 0.1) is 17.6 Å². The Labute approximate surface area is 116 Å². The molecule has 0 saturated heterocycles. The molecule has 1 unspecified atom stereocenters. The van der Waals surface area contributed by atoms with Crippen LogP contribution in [0.1, 0.15) is 27.9 Å². The van der Waals surface area contributed by atoms with E-state index in [4.69, 9.17) is 0 Å². The molecule has 0 N–H and O–H groups in total. The van der Waals surface area contributed by atoms with Crippen molar-refractivity contribution < 1.29 is 13.6 Å². The molecule has 3 heteroatoms. The number of halogens is 2. The molecule has 0 fully saturated rings. The van der Waals surface area contributed by atoms with Gasteiger partial charge in [-0.3, -0.25) is 4.79 Å². The summed E-state index contributed by atoms with van der Waals surface area (Å²) in [6.07, 6.45) is 2.08. The van der Waals surface area contributed by atoms with Gasteiger partial charge in [-0.05, 0) is 42.5 Å². The minimum absolute atomic E-state index is 0.108. The molecule has 1 aliphatic rings. The summed E-state index contributed by atoms with van der Waals surface area (Å²) < 4.78 is 26.1. The summed E-state index contributed by atoms with van der Waals surface area (Å²) in [5.41, 5.74) is 2.52. The number of benzene rings is 2. The predicted octanol–water partition coefficient (Wildman–Crippen LogP) is 3.95. The molecule has 0 amide bonds. The van der Waals surface area contributed by atoms with E-state index in [9.17, 15) is 13.6 Å². The molecule has 2 aromatic carbocycles. The minimum atomic E-state index is -0.855. The van der Waals surface area contributed by atoms with E-state index in [2.05, 4.69) is 0 Å². The maximum absolute atomic E-state index is 13.2. The molecule has 20 heavy (non-hydrogen) atoms. The van der Waals surface area contributed by atoms with Crippen molar-refractivity contribution in [3.05, 3.63) is 70.8 Å². The third-order valence-electron chi connectivity index (χ3n) is 3.88. The average Bonchev–Trinajstić information content (AvgIpc) is 2.46. The Morgan fingerprint density at radius 2 is 1.85 bits per heavy atom. The second-order valence-corrected chi connectivity index (χ2v) is 5.21. The summed E-state index contributed by atoms with van der Waals surface area (Å²) in [6.45, 7) is 0. The van der Waals surface area contributed by atoms with Crippen molar-refractivity contribution in [3.63, 3.8) is 0 Å². The number of hydrogen-bond donors (Lipinski definition) is 0. The van der Waals surface area contributed by atoms with E-state index < -0.39 is 11.6 Å². The molecule has 102 valence electrons. The molecule has 0 spiro atoms. The zero-order valence-electron chi connectivity index (χ0n) is 10.9. The Balaban J connectivity index is 1.83. The van der Waals surface area contributed by atoms with Gasteiger partial charge >= 0.3 is 0 Å². The topological polar surface area (TPSA) is 17.1 Å². The third kappa shape index (κ3) is 2.36. The van der Waals surface area contributed by atoms with Crippen molar-refractivity contribution in [3.8, 4) is 0 Å². The standard InChI is InChI=1S/C17H14F2O/c18-15-8-5-11(10-16(15)19)9-13-7-6-12-3-1-2-4-14(12)17(13)20/h1-5,8,10,13H,6-7,9H2. The van der Waals surface area contributed by atoms with Gasteiger partial charge < -0.3 is 0 Å². The molecule has 1 atom stereocenters. The van der Waals surface area contributed by atoms with Gasteiger partial charge in [0, 0.05) is 11.5 Å². The lowest BCUT2D eigenvalue weighted by atomic mass is 9.80. The molecular formula is C17H14F2O. The van der Waals surface area contributed by atoms with Gasteiger partial charge in [0.05, 0.1) is 0 Å². The van der Waals surface area contributed by atoms with Gasteiger partial charge in [-0.2, -0.15) is 0 Å². The summed E-state index contributed by atoms with van der Waals surface area (Å²) in [5, 5.41) is 0. The maximum atomic E-state index is 13.2. The van der Waals surface area contributed by atoms with E-state index in [0.29, 0.717) is 12.0 Å². The van der Waals surface area contributed by atoms with E-state index >= 15 is 0 Å². The molecule has 0 radical (unpaired) electrons. The van der Waals surface area contributed by atoms with Gasteiger partial charge in [-0.25, -0.2) is 8.78 Å². The Morgan fingerprint density at radius 1 is 1.05 bits per heavy atom. The lowest BCUT2D eigenvalue weighted by Crippen LogP contribution is -2.24. The van der Waals surface area contributed by atoms with Crippen molar-refractivity contribution in [2.45, 2.75) is 19.3 Å². The van der Waals surface area contributed by atoms with Gasteiger partial charge in [0.25, 0.3) is 0 Å². The van der Waals surface area contributed by atoms with E-state index in [1.54, 1.807) is 6.07 Å². The molecular weight excluding hydrogens is 258 g/mol. The van der Waals surface area contributed by atoms with Crippen molar-refractivity contribution in [1.82, 2.24) is 0 Å². The van der Waals surface area contributed by atoms with Crippen molar-refractivity contribution in [1.29, 1.82) is 0 Å². The van der Waals surface area contributed by atoms with Crippen LogP contribution >= 0.6 is 0 Å². The zero-order chi connectivity index (χ0) is 14.1. The Morgan fingerprint density at radius 3 is 2.65 bits per heavy atom. The maximum Gasteiger partial charge on any atom is 0.166 e. The number of fused-ring (bicyclic) bond motifs is 1. The van der Waals surface area contributed by atoms with Gasteiger partial charge in [-0.15, -0.1) is 0 Å². The van der Waals surface area contributed by atoms with Crippen LogP contribution in [0.3, 0.4) is 0 Å². The van der Waals surface area contributed by atoms with Crippen molar-refractivity contribution in [2.24, 2.45) is 5.92 Å². The van der Waals surface area contributed by atoms with E-state index in [1.807, 2.05) is 24.3 Å². The smallest absolute Gasteiger partial charge is 0.166 e. The molecule has 0 heterocycles. The molecule has 3 rings (SSSR count). The molecule has 1 aliphatic carbocycles. The Hall–Kier alpha value is -2.03. The number of Topliss-reactive ketones (excluding diaryl/α,β-unsaturated/α-hetero) is 1. The predicted molar refractivity (Wildman–Crippen MR) is 72.6 cm³/mol. The normalized spacial score (nSPS) is 17.9. The van der Waals surface area contributed by atoms with Crippen LogP contribution in [0.4, 0.5) is 8.78 Å². The first kappa shape index (κ1) is 13.0. The van der Waals surface area contributed by atoms with Crippen LogP contribution in [0.5, 0.6) is 0 Å². The molecule has 2 aromatic rings. The van der Waals surface area contributed by atoms with Crippen LogP contribution < -0.4 is 0 Å².